The molecule has 158 valence electrons. The van der Waals surface area contributed by atoms with Crippen molar-refractivity contribution in [2.24, 2.45) is 0 Å². The minimum Gasteiger partial charge on any atom is -0.481 e. The molecule has 5 nitrogen and oxygen atoms in total. The molecule has 0 saturated heterocycles. The van der Waals surface area contributed by atoms with Gasteiger partial charge in [-0.15, -0.1) is 0 Å². The van der Waals surface area contributed by atoms with Crippen molar-refractivity contribution >= 4 is 5.97 Å². The predicted molar refractivity (Wildman–Crippen MR) is 114 cm³/mol. The molecule has 0 spiro atoms. The minimum absolute atomic E-state index is 0.180. The second-order valence-corrected chi connectivity index (χ2v) is 6.93. The molecule has 0 aliphatic rings. The predicted octanol–water partition coefficient (Wildman–Crippen LogP) is 4.08. The Morgan fingerprint density at radius 1 is 0.964 bits per heavy atom. The number of aliphatic hydroxyl groups excluding tert-OH is 2. The highest BCUT2D eigenvalue weighted by Crippen LogP contribution is 2.15. The van der Waals surface area contributed by atoms with Gasteiger partial charge in [-0.05, 0) is 32.6 Å². The number of hydrogen-bond acceptors (Lipinski definition) is 4. The van der Waals surface area contributed by atoms with Gasteiger partial charge in [0.15, 0.2) is 0 Å². The molecule has 0 aliphatic heterocycles. The standard InChI is InChI=1S/C23H36O5/c1-3-4-10-17-21(25)23(2,28)19-14-8-6-5-7-11-15-20(24)16-12-9-13-18-22(26)27/h4-8,10-11,14-15,19-21,24-25,28H,3,9,12-13,16-18H2,1-2H3,(H,26,27)/b7-5-,8-6-,10-4-,15-11+,19-14+/t20?,21?,23-/m1/s1. The third kappa shape index (κ3) is 15.1. The number of unbranched alkanes of at least 4 members (excludes halogenated alkanes) is 2. The molecule has 0 amide bonds. The van der Waals surface area contributed by atoms with Gasteiger partial charge in [0.25, 0.3) is 0 Å². The van der Waals surface area contributed by atoms with Crippen LogP contribution in [-0.2, 0) is 4.79 Å². The number of aliphatic hydroxyl groups is 3. The molecule has 0 saturated carbocycles. The summed E-state index contributed by atoms with van der Waals surface area (Å²) < 4.78 is 0. The van der Waals surface area contributed by atoms with Crippen LogP contribution in [0.25, 0.3) is 0 Å². The lowest BCUT2D eigenvalue weighted by molar-refractivity contribution is -0.137. The molecule has 0 aromatic heterocycles. The van der Waals surface area contributed by atoms with E-state index in [4.69, 9.17) is 5.11 Å². The van der Waals surface area contributed by atoms with Crippen molar-refractivity contribution in [1.29, 1.82) is 0 Å². The van der Waals surface area contributed by atoms with Crippen molar-refractivity contribution in [1.82, 2.24) is 0 Å². The summed E-state index contributed by atoms with van der Waals surface area (Å²) in [5, 5.41) is 38.6. The Balaban J connectivity index is 4.11. The summed E-state index contributed by atoms with van der Waals surface area (Å²) in [6.07, 6.45) is 20.6. The van der Waals surface area contributed by atoms with E-state index >= 15 is 0 Å². The fourth-order valence-corrected chi connectivity index (χ4v) is 2.34. The highest BCUT2D eigenvalue weighted by atomic mass is 16.4. The van der Waals surface area contributed by atoms with E-state index in [2.05, 4.69) is 0 Å². The van der Waals surface area contributed by atoms with Crippen molar-refractivity contribution in [3.63, 3.8) is 0 Å². The summed E-state index contributed by atoms with van der Waals surface area (Å²) >= 11 is 0. The Morgan fingerprint density at radius 2 is 1.61 bits per heavy atom. The number of aliphatic carboxylic acids is 1. The zero-order chi connectivity index (χ0) is 21.3. The summed E-state index contributed by atoms with van der Waals surface area (Å²) in [7, 11) is 0. The highest BCUT2D eigenvalue weighted by molar-refractivity contribution is 5.66. The number of rotatable bonds is 15. The first-order chi connectivity index (χ1) is 13.3. The average Bonchev–Trinajstić information content (AvgIpc) is 2.63. The Morgan fingerprint density at radius 3 is 2.25 bits per heavy atom. The van der Waals surface area contributed by atoms with E-state index in [1.807, 2.05) is 19.1 Å². The van der Waals surface area contributed by atoms with Gasteiger partial charge in [-0.3, -0.25) is 4.79 Å². The molecule has 0 aromatic carbocycles. The van der Waals surface area contributed by atoms with Crippen molar-refractivity contribution in [3.05, 3.63) is 60.8 Å². The molecule has 3 atom stereocenters. The Bertz CT molecular complexity index is 555. The van der Waals surface area contributed by atoms with Crippen LogP contribution in [-0.4, -0.2) is 44.2 Å². The van der Waals surface area contributed by atoms with Crippen LogP contribution >= 0.6 is 0 Å². The third-order valence-corrected chi connectivity index (χ3v) is 4.15. The smallest absolute Gasteiger partial charge is 0.303 e. The molecule has 0 bridgehead atoms. The van der Waals surface area contributed by atoms with Gasteiger partial charge in [0.05, 0.1) is 12.2 Å². The first-order valence-electron chi connectivity index (χ1n) is 9.94. The lowest BCUT2D eigenvalue weighted by atomic mass is 9.95. The van der Waals surface area contributed by atoms with Crippen LogP contribution in [0.1, 0.15) is 58.8 Å². The molecule has 28 heavy (non-hydrogen) atoms. The van der Waals surface area contributed by atoms with Crippen molar-refractivity contribution in [2.75, 3.05) is 0 Å². The molecule has 0 aromatic rings. The molecular formula is C23H36O5. The zero-order valence-corrected chi connectivity index (χ0v) is 17.1. The van der Waals surface area contributed by atoms with Crippen molar-refractivity contribution < 1.29 is 25.2 Å². The maximum absolute atomic E-state index is 10.4. The van der Waals surface area contributed by atoms with Crippen LogP contribution in [0.5, 0.6) is 0 Å². The van der Waals surface area contributed by atoms with Gasteiger partial charge in [0.1, 0.15) is 5.60 Å². The van der Waals surface area contributed by atoms with Gasteiger partial charge >= 0.3 is 5.97 Å². The topological polar surface area (TPSA) is 98.0 Å². The Labute approximate surface area is 169 Å². The average molecular weight is 393 g/mol. The maximum Gasteiger partial charge on any atom is 0.303 e. The summed E-state index contributed by atoms with van der Waals surface area (Å²) in [5.74, 6) is -0.780. The number of allylic oxidation sites excluding steroid dienone is 7. The van der Waals surface area contributed by atoms with Crippen molar-refractivity contribution in [3.8, 4) is 0 Å². The fourth-order valence-electron chi connectivity index (χ4n) is 2.34. The van der Waals surface area contributed by atoms with Crippen LogP contribution in [0.2, 0.25) is 0 Å². The van der Waals surface area contributed by atoms with E-state index in [1.54, 1.807) is 55.5 Å². The molecular weight excluding hydrogens is 356 g/mol. The van der Waals surface area contributed by atoms with Crippen LogP contribution in [0.3, 0.4) is 0 Å². The molecule has 0 aliphatic carbocycles. The number of hydrogen-bond donors (Lipinski definition) is 4. The van der Waals surface area contributed by atoms with Gasteiger partial charge in [-0.25, -0.2) is 0 Å². The molecule has 5 heteroatoms. The summed E-state index contributed by atoms with van der Waals surface area (Å²) in [6.45, 7) is 3.59. The summed E-state index contributed by atoms with van der Waals surface area (Å²) in [5.41, 5.74) is -1.29. The van der Waals surface area contributed by atoms with E-state index in [9.17, 15) is 20.1 Å². The molecule has 4 N–H and O–H groups in total. The SMILES string of the molecule is CC/C=C\CC(O)[C@](C)(O)/C=C/C=C\C=C/C=C/C(O)CCCCCC(=O)O. The molecule has 2 unspecified atom stereocenters. The van der Waals surface area contributed by atoms with Crippen LogP contribution in [0.4, 0.5) is 0 Å². The van der Waals surface area contributed by atoms with Crippen molar-refractivity contribution in [2.45, 2.75) is 76.6 Å². The van der Waals surface area contributed by atoms with E-state index in [0.29, 0.717) is 19.3 Å². The number of carboxylic acid groups (broad SMARTS) is 1. The Hall–Kier alpha value is -1.95. The molecule has 0 heterocycles. The normalized spacial score (nSPS) is 17.3. The molecule has 0 rings (SSSR count). The minimum atomic E-state index is -1.29. The van der Waals surface area contributed by atoms with Gasteiger partial charge in [-0.1, -0.05) is 80.5 Å². The molecule has 0 radical (unpaired) electrons. The van der Waals surface area contributed by atoms with Gasteiger partial charge in [0, 0.05) is 6.42 Å². The fraction of sp³-hybridized carbons (Fsp3) is 0.522. The lowest BCUT2D eigenvalue weighted by Gasteiger charge is -2.24. The maximum atomic E-state index is 10.4. The number of carboxylic acids is 1. The van der Waals surface area contributed by atoms with Crippen LogP contribution in [0.15, 0.2) is 60.8 Å². The number of carbonyl (C=O) groups is 1. The zero-order valence-electron chi connectivity index (χ0n) is 17.1. The summed E-state index contributed by atoms with van der Waals surface area (Å²) in [4.78, 5) is 10.4. The second kappa shape index (κ2) is 16.0. The quantitative estimate of drug-likeness (QED) is 0.191. The largest absolute Gasteiger partial charge is 0.481 e. The van der Waals surface area contributed by atoms with E-state index in [-0.39, 0.29) is 6.42 Å². The third-order valence-electron chi connectivity index (χ3n) is 4.15. The van der Waals surface area contributed by atoms with Gasteiger partial charge in [0.2, 0.25) is 0 Å². The van der Waals surface area contributed by atoms with E-state index in [0.717, 1.165) is 19.3 Å². The van der Waals surface area contributed by atoms with E-state index in [1.165, 1.54) is 0 Å². The van der Waals surface area contributed by atoms with Crippen LogP contribution in [0, 0.1) is 0 Å². The van der Waals surface area contributed by atoms with E-state index < -0.39 is 23.8 Å². The Kier molecular flexibility index (Phi) is 14.9. The first kappa shape index (κ1) is 26.1. The molecule has 0 fully saturated rings. The van der Waals surface area contributed by atoms with Gasteiger partial charge in [-0.2, -0.15) is 0 Å². The summed E-state index contributed by atoms with van der Waals surface area (Å²) in [6, 6.07) is 0. The van der Waals surface area contributed by atoms with Gasteiger partial charge < -0.3 is 20.4 Å². The highest BCUT2D eigenvalue weighted by Gasteiger charge is 2.25. The monoisotopic (exact) mass is 392 g/mol. The first-order valence-corrected chi connectivity index (χ1v) is 9.94. The van der Waals surface area contributed by atoms with Crippen LogP contribution < -0.4 is 0 Å². The second-order valence-electron chi connectivity index (χ2n) is 6.93. The lowest BCUT2D eigenvalue weighted by Crippen LogP contribution is -2.36.